The molecule has 0 fully saturated rings. The first-order valence-corrected chi connectivity index (χ1v) is 10.8. The maximum Gasteiger partial charge on any atom is 0.231 e. The Labute approximate surface area is 170 Å². The van der Waals surface area contributed by atoms with Gasteiger partial charge in [-0.15, -0.1) is 0 Å². The molecule has 3 aromatic rings. The quantitative estimate of drug-likeness (QED) is 0.637. The van der Waals surface area contributed by atoms with Gasteiger partial charge in [0.2, 0.25) is 15.9 Å². The van der Waals surface area contributed by atoms with Crippen molar-refractivity contribution in [3.63, 3.8) is 0 Å². The van der Waals surface area contributed by atoms with Gasteiger partial charge in [0.25, 0.3) is 0 Å². The summed E-state index contributed by atoms with van der Waals surface area (Å²) in [5, 5.41) is 2.87. The zero-order valence-electron chi connectivity index (χ0n) is 16.2. The summed E-state index contributed by atoms with van der Waals surface area (Å²) >= 11 is 0. The van der Waals surface area contributed by atoms with Crippen LogP contribution < -0.4 is 14.4 Å². The summed E-state index contributed by atoms with van der Waals surface area (Å²) in [5.41, 5.74) is 1.89. The second-order valence-corrected chi connectivity index (χ2v) is 8.55. The first kappa shape index (κ1) is 20.4. The predicted molar refractivity (Wildman–Crippen MR) is 115 cm³/mol. The predicted octanol–water partition coefficient (Wildman–Crippen LogP) is 4.06. The molecule has 0 heterocycles. The number of nitrogens with one attached hydrogen (secondary N) is 1. The van der Waals surface area contributed by atoms with E-state index in [0.29, 0.717) is 22.9 Å². The second kappa shape index (κ2) is 8.79. The minimum Gasteiger partial charge on any atom is -0.455 e. The van der Waals surface area contributed by atoms with E-state index in [1.807, 2.05) is 42.5 Å². The van der Waals surface area contributed by atoms with Crippen molar-refractivity contribution in [3.8, 4) is 11.5 Å². The van der Waals surface area contributed by atoms with E-state index >= 15 is 0 Å². The van der Waals surface area contributed by atoms with Crippen LogP contribution in [0.25, 0.3) is 0 Å². The molecule has 3 rings (SSSR count). The van der Waals surface area contributed by atoms with Crippen LogP contribution in [0.4, 0.5) is 11.4 Å². The molecule has 6 nitrogen and oxygen atoms in total. The molecule has 3 aromatic carbocycles. The number of carbonyl (C=O) groups excluding carboxylic acids is 1. The van der Waals surface area contributed by atoms with Crippen molar-refractivity contribution in [1.82, 2.24) is 0 Å². The first-order chi connectivity index (χ1) is 13.8. The fourth-order valence-electron chi connectivity index (χ4n) is 2.67. The normalized spacial score (nSPS) is 11.0. The summed E-state index contributed by atoms with van der Waals surface area (Å²) in [7, 11) is -1.84. The van der Waals surface area contributed by atoms with Gasteiger partial charge in [-0.25, -0.2) is 8.42 Å². The standard InChI is InChI=1S/C22H22N2O4S/c1-24(29(2,26)27)18-14-12-17(13-15-18)16-22(25)23-20-10-6-7-11-21(20)28-19-8-4-3-5-9-19/h3-15H,16H2,1-2H3,(H,23,25). The molecule has 1 amide bonds. The van der Waals surface area contributed by atoms with E-state index in [2.05, 4.69) is 5.32 Å². The SMILES string of the molecule is CN(c1ccc(CC(=O)Nc2ccccc2Oc2ccccc2)cc1)S(C)(=O)=O. The lowest BCUT2D eigenvalue weighted by Gasteiger charge is -2.16. The van der Waals surface area contributed by atoms with E-state index in [1.54, 1.807) is 36.4 Å². The molecule has 0 spiro atoms. The highest BCUT2D eigenvalue weighted by Crippen LogP contribution is 2.29. The fourth-order valence-corrected chi connectivity index (χ4v) is 3.17. The van der Waals surface area contributed by atoms with Crippen molar-refractivity contribution in [2.45, 2.75) is 6.42 Å². The van der Waals surface area contributed by atoms with Crippen LogP contribution >= 0.6 is 0 Å². The van der Waals surface area contributed by atoms with E-state index < -0.39 is 10.0 Å². The van der Waals surface area contributed by atoms with Gasteiger partial charge in [0.05, 0.1) is 24.1 Å². The van der Waals surface area contributed by atoms with Crippen LogP contribution in [0.2, 0.25) is 0 Å². The molecule has 0 bridgehead atoms. The number of hydrogen-bond donors (Lipinski definition) is 1. The van der Waals surface area contributed by atoms with Gasteiger partial charge in [-0.1, -0.05) is 42.5 Å². The van der Waals surface area contributed by atoms with Crippen molar-refractivity contribution in [1.29, 1.82) is 0 Å². The zero-order chi connectivity index (χ0) is 20.9. The number of amides is 1. The maximum atomic E-state index is 12.5. The van der Waals surface area contributed by atoms with E-state index in [0.717, 1.165) is 11.8 Å². The van der Waals surface area contributed by atoms with Gasteiger partial charge in [0.1, 0.15) is 5.75 Å². The summed E-state index contributed by atoms with van der Waals surface area (Å²) in [5.74, 6) is 1.04. The Balaban J connectivity index is 1.67. The molecule has 0 unspecified atom stereocenters. The molecule has 0 radical (unpaired) electrons. The third-order valence-corrected chi connectivity index (χ3v) is 5.50. The number of nitrogens with zero attached hydrogens (tertiary/aromatic N) is 1. The Bertz CT molecular complexity index is 1080. The third kappa shape index (κ3) is 5.58. The van der Waals surface area contributed by atoms with Crippen molar-refractivity contribution in [3.05, 3.63) is 84.4 Å². The molecule has 0 saturated carbocycles. The summed E-state index contributed by atoms with van der Waals surface area (Å²) in [6.45, 7) is 0. The molecule has 0 aliphatic heterocycles. The average molecular weight is 410 g/mol. The average Bonchev–Trinajstić information content (AvgIpc) is 2.69. The van der Waals surface area contributed by atoms with Crippen molar-refractivity contribution < 1.29 is 17.9 Å². The Morgan fingerprint density at radius 1 is 0.931 bits per heavy atom. The number of hydrogen-bond acceptors (Lipinski definition) is 4. The van der Waals surface area contributed by atoms with Crippen LogP contribution in [0.3, 0.4) is 0 Å². The molecule has 0 aliphatic rings. The van der Waals surface area contributed by atoms with Gasteiger partial charge in [0.15, 0.2) is 5.75 Å². The molecule has 0 aromatic heterocycles. The number of benzene rings is 3. The molecular weight excluding hydrogens is 388 g/mol. The maximum absolute atomic E-state index is 12.5. The topological polar surface area (TPSA) is 75.7 Å². The Morgan fingerprint density at radius 3 is 2.21 bits per heavy atom. The first-order valence-electron chi connectivity index (χ1n) is 8.97. The van der Waals surface area contributed by atoms with Crippen LogP contribution in [-0.2, 0) is 21.2 Å². The van der Waals surface area contributed by atoms with Crippen LogP contribution in [0.1, 0.15) is 5.56 Å². The fraction of sp³-hybridized carbons (Fsp3) is 0.136. The van der Waals surface area contributed by atoms with Gasteiger partial charge in [-0.3, -0.25) is 9.10 Å². The highest BCUT2D eigenvalue weighted by atomic mass is 32.2. The van der Waals surface area contributed by atoms with Gasteiger partial charge >= 0.3 is 0 Å². The zero-order valence-corrected chi connectivity index (χ0v) is 17.0. The van der Waals surface area contributed by atoms with Crippen molar-refractivity contribution in [2.24, 2.45) is 0 Å². The van der Waals surface area contributed by atoms with Crippen molar-refractivity contribution in [2.75, 3.05) is 22.9 Å². The van der Waals surface area contributed by atoms with E-state index in [1.165, 1.54) is 11.4 Å². The monoisotopic (exact) mass is 410 g/mol. The summed E-state index contributed by atoms with van der Waals surface area (Å²) in [4.78, 5) is 12.5. The Kier molecular flexibility index (Phi) is 6.19. The Morgan fingerprint density at radius 2 is 1.55 bits per heavy atom. The molecule has 0 atom stereocenters. The Hall–Kier alpha value is -3.32. The lowest BCUT2D eigenvalue weighted by atomic mass is 10.1. The van der Waals surface area contributed by atoms with Crippen LogP contribution in [-0.4, -0.2) is 27.6 Å². The summed E-state index contributed by atoms with van der Waals surface area (Å²) < 4.78 is 30.3. The van der Waals surface area contributed by atoms with E-state index in [4.69, 9.17) is 4.74 Å². The second-order valence-electron chi connectivity index (χ2n) is 6.53. The number of carbonyl (C=O) groups is 1. The molecular formula is C22H22N2O4S. The molecule has 29 heavy (non-hydrogen) atoms. The highest BCUT2D eigenvalue weighted by Gasteiger charge is 2.13. The van der Waals surface area contributed by atoms with E-state index in [9.17, 15) is 13.2 Å². The molecule has 1 N–H and O–H groups in total. The highest BCUT2D eigenvalue weighted by molar-refractivity contribution is 7.92. The molecule has 0 saturated heterocycles. The number of para-hydroxylation sites is 3. The molecule has 0 aliphatic carbocycles. The summed E-state index contributed by atoms with van der Waals surface area (Å²) in [6.07, 6.45) is 1.30. The van der Waals surface area contributed by atoms with Gasteiger partial charge in [-0.05, 0) is 42.0 Å². The van der Waals surface area contributed by atoms with E-state index in [-0.39, 0.29) is 12.3 Å². The lowest BCUT2D eigenvalue weighted by Crippen LogP contribution is -2.24. The minimum absolute atomic E-state index is 0.155. The molecule has 7 heteroatoms. The number of ether oxygens (including phenoxy) is 1. The van der Waals surface area contributed by atoms with Gasteiger partial charge in [0, 0.05) is 7.05 Å². The smallest absolute Gasteiger partial charge is 0.231 e. The van der Waals surface area contributed by atoms with Gasteiger partial charge in [-0.2, -0.15) is 0 Å². The van der Waals surface area contributed by atoms with Crippen LogP contribution in [0.15, 0.2) is 78.9 Å². The van der Waals surface area contributed by atoms with Crippen LogP contribution in [0, 0.1) is 0 Å². The molecule has 150 valence electrons. The number of rotatable bonds is 7. The van der Waals surface area contributed by atoms with Crippen LogP contribution in [0.5, 0.6) is 11.5 Å². The summed E-state index contributed by atoms with van der Waals surface area (Å²) in [6, 6.07) is 23.4. The van der Waals surface area contributed by atoms with Gasteiger partial charge < -0.3 is 10.1 Å². The minimum atomic E-state index is -3.32. The number of sulfonamides is 1. The lowest BCUT2D eigenvalue weighted by molar-refractivity contribution is -0.115. The third-order valence-electron chi connectivity index (χ3n) is 4.29. The number of anilines is 2. The van der Waals surface area contributed by atoms with Crippen molar-refractivity contribution >= 4 is 27.3 Å². The largest absolute Gasteiger partial charge is 0.455 e.